The van der Waals surface area contributed by atoms with Crippen molar-refractivity contribution in [3.8, 4) is 11.8 Å². The summed E-state index contributed by atoms with van der Waals surface area (Å²) in [5.74, 6) is 2.56. The van der Waals surface area contributed by atoms with Gasteiger partial charge in [0.15, 0.2) is 0 Å². The van der Waals surface area contributed by atoms with Crippen LogP contribution < -0.4 is 5.73 Å². The SMILES string of the molecule is COC(=O)CC#Cc1cc(F)c(N)cc1C(F)(F)F. The Labute approximate surface area is 106 Å². The van der Waals surface area contributed by atoms with Crippen molar-refractivity contribution >= 4 is 11.7 Å². The van der Waals surface area contributed by atoms with E-state index in [4.69, 9.17) is 5.73 Å². The molecular formula is C12H9F4NO2. The first-order valence-corrected chi connectivity index (χ1v) is 4.97. The van der Waals surface area contributed by atoms with Crippen LogP contribution in [0.1, 0.15) is 17.5 Å². The molecule has 0 aromatic heterocycles. The number of halogens is 4. The molecule has 0 aliphatic heterocycles. The molecule has 1 aromatic carbocycles. The molecule has 0 saturated heterocycles. The number of esters is 1. The molecule has 0 saturated carbocycles. The first-order valence-electron chi connectivity index (χ1n) is 4.97. The molecule has 1 aromatic rings. The van der Waals surface area contributed by atoms with Gasteiger partial charge in [0.05, 0.1) is 18.4 Å². The molecule has 19 heavy (non-hydrogen) atoms. The molecule has 102 valence electrons. The van der Waals surface area contributed by atoms with Crippen LogP contribution in [0.3, 0.4) is 0 Å². The van der Waals surface area contributed by atoms with Crippen LogP contribution in [0.4, 0.5) is 23.2 Å². The van der Waals surface area contributed by atoms with Crippen LogP contribution in [-0.2, 0) is 15.7 Å². The van der Waals surface area contributed by atoms with Crippen molar-refractivity contribution in [3.05, 3.63) is 29.1 Å². The first kappa shape index (κ1) is 14.8. The van der Waals surface area contributed by atoms with Crippen molar-refractivity contribution in [1.82, 2.24) is 0 Å². The minimum absolute atomic E-state index is 0.389. The van der Waals surface area contributed by atoms with Crippen molar-refractivity contribution in [2.24, 2.45) is 0 Å². The Morgan fingerprint density at radius 1 is 1.42 bits per heavy atom. The highest BCUT2D eigenvalue weighted by molar-refractivity contribution is 5.72. The maximum atomic E-state index is 13.1. The Balaban J connectivity index is 3.19. The smallest absolute Gasteiger partial charge is 0.417 e. The van der Waals surface area contributed by atoms with Crippen molar-refractivity contribution in [2.75, 3.05) is 12.8 Å². The molecule has 7 heteroatoms. The summed E-state index contributed by atoms with van der Waals surface area (Å²) in [4.78, 5) is 10.8. The number of carbonyl (C=O) groups excluding carboxylic acids is 1. The Kier molecular flexibility index (Phi) is 4.38. The number of nitrogen functional groups attached to an aromatic ring is 1. The molecular weight excluding hydrogens is 266 g/mol. The molecule has 0 aliphatic carbocycles. The van der Waals surface area contributed by atoms with E-state index in [1.807, 2.05) is 0 Å². The van der Waals surface area contributed by atoms with Crippen LogP contribution in [0.15, 0.2) is 12.1 Å². The van der Waals surface area contributed by atoms with Crippen LogP contribution in [0.25, 0.3) is 0 Å². The summed E-state index contributed by atoms with van der Waals surface area (Å²) in [5, 5.41) is 0. The number of methoxy groups -OCH3 is 1. The standard InChI is InChI=1S/C12H9F4NO2/c1-19-11(18)4-2-3-7-5-9(13)10(17)6-8(7)12(14,15)16/h5-6H,4,17H2,1H3. The minimum Gasteiger partial charge on any atom is -0.468 e. The van der Waals surface area contributed by atoms with E-state index in [1.54, 1.807) is 0 Å². The maximum absolute atomic E-state index is 13.1. The van der Waals surface area contributed by atoms with E-state index in [-0.39, 0.29) is 6.42 Å². The van der Waals surface area contributed by atoms with Gasteiger partial charge in [-0.1, -0.05) is 11.8 Å². The normalized spacial score (nSPS) is 10.6. The zero-order valence-electron chi connectivity index (χ0n) is 9.77. The van der Waals surface area contributed by atoms with Gasteiger partial charge in [0.2, 0.25) is 0 Å². The Morgan fingerprint density at radius 3 is 2.58 bits per heavy atom. The lowest BCUT2D eigenvalue weighted by Crippen LogP contribution is -2.09. The molecule has 2 N–H and O–H groups in total. The Morgan fingerprint density at radius 2 is 2.05 bits per heavy atom. The van der Waals surface area contributed by atoms with Crippen LogP contribution in [-0.4, -0.2) is 13.1 Å². The second-order valence-electron chi connectivity index (χ2n) is 3.47. The summed E-state index contributed by atoms with van der Waals surface area (Å²) in [7, 11) is 1.12. The van der Waals surface area contributed by atoms with Crippen molar-refractivity contribution in [3.63, 3.8) is 0 Å². The van der Waals surface area contributed by atoms with Gasteiger partial charge in [-0.3, -0.25) is 4.79 Å². The number of nitrogens with two attached hydrogens (primary N) is 1. The van der Waals surface area contributed by atoms with Gasteiger partial charge in [0.1, 0.15) is 12.2 Å². The van der Waals surface area contributed by atoms with E-state index >= 15 is 0 Å². The monoisotopic (exact) mass is 275 g/mol. The lowest BCUT2D eigenvalue weighted by molar-refractivity contribution is -0.139. The molecule has 0 bridgehead atoms. The van der Waals surface area contributed by atoms with E-state index in [0.717, 1.165) is 7.11 Å². The van der Waals surface area contributed by atoms with Gasteiger partial charge in [-0.15, -0.1) is 0 Å². The van der Waals surface area contributed by atoms with Crippen LogP contribution in [0.2, 0.25) is 0 Å². The van der Waals surface area contributed by atoms with Crippen LogP contribution in [0.5, 0.6) is 0 Å². The van der Waals surface area contributed by atoms with E-state index < -0.39 is 34.8 Å². The average Bonchev–Trinajstić information content (AvgIpc) is 2.31. The number of ether oxygens (including phenoxy) is 1. The summed E-state index contributed by atoms with van der Waals surface area (Å²) in [6.07, 6.45) is -5.10. The third kappa shape index (κ3) is 3.88. The molecule has 0 unspecified atom stereocenters. The molecule has 3 nitrogen and oxygen atoms in total. The maximum Gasteiger partial charge on any atom is 0.417 e. The number of hydrogen-bond acceptors (Lipinski definition) is 3. The molecule has 0 spiro atoms. The van der Waals surface area contributed by atoms with Crippen molar-refractivity contribution in [2.45, 2.75) is 12.6 Å². The van der Waals surface area contributed by atoms with Crippen molar-refractivity contribution in [1.29, 1.82) is 0 Å². The van der Waals surface area contributed by atoms with Crippen LogP contribution in [0, 0.1) is 17.7 Å². The largest absolute Gasteiger partial charge is 0.468 e. The Hall–Kier alpha value is -2.23. The fraction of sp³-hybridized carbons (Fsp3) is 0.250. The number of alkyl halides is 3. The highest BCUT2D eigenvalue weighted by atomic mass is 19.4. The highest BCUT2D eigenvalue weighted by Gasteiger charge is 2.34. The second-order valence-corrected chi connectivity index (χ2v) is 3.47. The molecule has 0 heterocycles. The fourth-order valence-electron chi connectivity index (χ4n) is 1.21. The summed E-state index contributed by atoms with van der Waals surface area (Å²) in [5.41, 5.74) is 2.74. The van der Waals surface area contributed by atoms with Gasteiger partial charge in [-0.25, -0.2) is 4.39 Å². The lowest BCUT2D eigenvalue weighted by Gasteiger charge is -2.10. The third-order valence-electron chi connectivity index (χ3n) is 2.13. The predicted molar refractivity (Wildman–Crippen MR) is 59.3 cm³/mol. The third-order valence-corrected chi connectivity index (χ3v) is 2.13. The molecule has 0 atom stereocenters. The number of anilines is 1. The number of carbonyl (C=O) groups is 1. The predicted octanol–water partition coefficient (Wildman–Crippen LogP) is 2.34. The van der Waals surface area contributed by atoms with Gasteiger partial charge in [0.25, 0.3) is 0 Å². The lowest BCUT2D eigenvalue weighted by atomic mass is 10.1. The van der Waals surface area contributed by atoms with Gasteiger partial charge >= 0.3 is 12.1 Å². The molecule has 1 rings (SSSR count). The van der Waals surface area contributed by atoms with E-state index in [9.17, 15) is 22.4 Å². The number of benzene rings is 1. The Bertz CT molecular complexity index is 555. The second kappa shape index (κ2) is 5.61. The van der Waals surface area contributed by atoms with Gasteiger partial charge in [0, 0.05) is 5.56 Å². The summed E-state index contributed by atoms with van der Waals surface area (Å²) < 4.78 is 55.4. The zero-order chi connectivity index (χ0) is 14.6. The number of hydrogen-bond donors (Lipinski definition) is 1. The topological polar surface area (TPSA) is 52.3 Å². The molecule has 0 fully saturated rings. The van der Waals surface area contributed by atoms with Crippen LogP contribution >= 0.6 is 0 Å². The van der Waals surface area contributed by atoms with E-state index in [0.29, 0.717) is 12.1 Å². The number of rotatable bonds is 1. The van der Waals surface area contributed by atoms with Gasteiger partial charge in [-0.2, -0.15) is 13.2 Å². The summed E-state index contributed by atoms with van der Waals surface area (Å²) in [6, 6.07) is 1.06. The first-order chi connectivity index (χ1) is 8.75. The molecule has 0 amide bonds. The summed E-state index contributed by atoms with van der Waals surface area (Å²) in [6.45, 7) is 0. The molecule has 0 aliphatic rings. The average molecular weight is 275 g/mol. The van der Waals surface area contributed by atoms with Gasteiger partial charge in [-0.05, 0) is 12.1 Å². The zero-order valence-corrected chi connectivity index (χ0v) is 9.77. The molecule has 0 radical (unpaired) electrons. The van der Waals surface area contributed by atoms with Gasteiger partial charge < -0.3 is 10.5 Å². The quantitative estimate of drug-likeness (QED) is 0.370. The highest BCUT2D eigenvalue weighted by Crippen LogP contribution is 2.33. The van der Waals surface area contributed by atoms with Crippen molar-refractivity contribution < 1.29 is 27.1 Å². The minimum atomic E-state index is -4.71. The fourth-order valence-corrected chi connectivity index (χ4v) is 1.21. The summed E-state index contributed by atoms with van der Waals surface area (Å²) >= 11 is 0. The van der Waals surface area contributed by atoms with E-state index in [1.165, 1.54) is 0 Å². The van der Waals surface area contributed by atoms with E-state index in [2.05, 4.69) is 16.6 Å².